The number of rotatable bonds is 7. The molecule has 0 heterocycles. The van der Waals surface area contributed by atoms with Gasteiger partial charge in [0.1, 0.15) is 5.75 Å². The normalized spacial score (nSPS) is 10.5. The van der Waals surface area contributed by atoms with Crippen molar-refractivity contribution >= 4 is 23.2 Å². The number of ether oxygens (including phenoxy) is 1. The van der Waals surface area contributed by atoms with Gasteiger partial charge in [-0.15, -0.1) is 0 Å². The Bertz CT molecular complexity index is 717. The summed E-state index contributed by atoms with van der Waals surface area (Å²) in [6.07, 6.45) is 0.386. The molecule has 0 spiro atoms. The minimum Gasteiger partial charge on any atom is -0.495 e. The predicted molar refractivity (Wildman–Crippen MR) is 98.9 cm³/mol. The van der Waals surface area contributed by atoms with Crippen molar-refractivity contribution in [1.29, 1.82) is 0 Å². The van der Waals surface area contributed by atoms with E-state index in [4.69, 9.17) is 16.3 Å². The van der Waals surface area contributed by atoms with Crippen LogP contribution in [0.5, 0.6) is 5.75 Å². The molecule has 0 aliphatic heterocycles. The summed E-state index contributed by atoms with van der Waals surface area (Å²) < 4.78 is 5.26. The monoisotopic (exact) mass is 346 g/mol. The molecule has 0 aliphatic carbocycles. The molecule has 0 fully saturated rings. The number of aryl methyl sites for hydroxylation is 2. The van der Waals surface area contributed by atoms with E-state index in [2.05, 4.69) is 29.7 Å². The Labute approximate surface area is 148 Å². The van der Waals surface area contributed by atoms with Crippen LogP contribution in [0.1, 0.15) is 23.1 Å². The van der Waals surface area contributed by atoms with Crippen LogP contribution in [-0.2, 0) is 11.3 Å². The van der Waals surface area contributed by atoms with Crippen LogP contribution in [0.3, 0.4) is 0 Å². The van der Waals surface area contributed by atoms with Crippen LogP contribution < -0.4 is 15.4 Å². The maximum atomic E-state index is 12.1. The van der Waals surface area contributed by atoms with Gasteiger partial charge >= 0.3 is 0 Å². The minimum atomic E-state index is -0.0627. The molecule has 2 rings (SSSR count). The third-order valence-corrected chi connectivity index (χ3v) is 4.27. The van der Waals surface area contributed by atoms with Crippen molar-refractivity contribution < 1.29 is 9.53 Å². The Morgan fingerprint density at radius 3 is 2.62 bits per heavy atom. The number of carbonyl (C=O) groups excluding carboxylic acids is 1. The summed E-state index contributed by atoms with van der Waals surface area (Å²) in [6.45, 7) is 5.33. The first-order chi connectivity index (χ1) is 11.5. The zero-order chi connectivity index (χ0) is 17.5. The van der Waals surface area contributed by atoms with Crippen LogP contribution in [0.25, 0.3) is 0 Å². The Morgan fingerprint density at radius 2 is 1.92 bits per heavy atom. The molecule has 0 bridgehead atoms. The van der Waals surface area contributed by atoms with E-state index in [1.807, 2.05) is 25.1 Å². The van der Waals surface area contributed by atoms with Crippen molar-refractivity contribution in [3.05, 3.63) is 58.1 Å². The van der Waals surface area contributed by atoms with Gasteiger partial charge < -0.3 is 15.4 Å². The van der Waals surface area contributed by atoms with Gasteiger partial charge in [-0.25, -0.2) is 0 Å². The molecule has 2 aromatic rings. The van der Waals surface area contributed by atoms with E-state index in [9.17, 15) is 4.79 Å². The number of hydrogen-bond acceptors (Lipinski definition) is 3. The average Bonchev–Trinajstić information content (AvgIpc) is 2.56. The largest absolute Gasteiger partial charge is 0.495 e. The molecule has 128 valence electrons. The number of halogens is 1. The summed E-state index contributed by atoms with van der Waals surface area (Å²) in [6, 6.07) is 11.7. The molecule has 2 aromatic carbocycles. The predicted octanol–water partition coefficient (Wildman–Crippen LogP) is 4.08. The molecule has 0 saturated heterocycles. The maximum absolute atomic E-state index is 12.1. The molecule has 4 nitrogen and oxygen atoms in total. The molecule has 24 heavy (non-hydrogen) atoms. The highest BCUT2D eigenvalue weighted by Crippen LogP contribution is 2.30. The van der Waals surface area contributed by atoms with Gasteiger partial charge in [0.2, 0.25) is 5.91 Å². The van der Waals surface area contributed by atoms with Crippen molar-refractivity contribution in [1.82, 2.24) is 5.32 Å². The average molecular weight is 347 g/mol. The summed E-state index contributed by atoms with van der Waals surface area (Å²) in [5.74, 6) is 0.499. The van der Waals surface area contributed by atoms with Gasteiger partial charge in [0.05, 0.1) is 12.8 Å². The number of methoxy groups -OCH3 is 1. The second-order valence-electron chi connectivity index (χ2n) is 5.70. The standard InChI is InChI=1S/C19H23ClN2O2/c1-13-6-4-5-7-15(13)12-21-9-8-19(23)22-17-10-14(2)16(20)11-18(17)24-3/h4-7,10-11,21H,8-9,12H2,1-3H3,(H,22,23). The zero-order valence-electron chi connectivity index (χ0n) is 14.3. The lowest BCUT2D eigenvalue weighted by atomic mass is 10.1. The lowest BCUT2D eigenvalue weighted by Crippen LogP contribution is -2.22. The van der Waals surface area contributed by atoms with Gasteiger partial charge in [0.15, 0.2) is 0 Å². The van der Waals surface area contributed by atoms with Crippen molar-refractivity contribution in [2.45, 2.75) is 26.8 Å². The smallest absolute Gasteiger partial charge is 0.225 e. The van der Waals surface area contributed by atoms with Gasteiger partial charge in [-0.2, -0.15) is 0 Å². The highest BCUT2D eigenvalue weighted by molar-refractivity contribution is 6.31. The molecule has 0 unspecified atom stereocenters. The summed E-state index contributed by atoms with van der Waals surface area (Å²) in [5.41, 5.74) is 4.03. The molecule has 1 amide bonds. The lowest BCUT2D eigenvalue weighted by Gasteiger charge is -2.12. The molecule has 0 aliphatic rings. The van der Waals surface area contributed by atoms with E-state index in [0.717, 1.165) is 12.1 Å². The van der Waals surface area contributed by atoms with Crippen molar-refractivity contribution in [3.8, 4) is 5.75 Å². The third-order valence-electron chi connectivity index (χ3n) is 3.86. The van der Waals surface area contributed by atoms with E-state index in [0.29, 0.717) is 29.4 Å². The second-order valence-corrected chi connectivity index (χ2v) is 6.11. The van der Waals surface area contributed by atoms with Gasteiger partial charge in [0, 0.05) is 30.6 Å². The number of anilines is 1. The summed E-state index contributed by atoms with van der Waals surface area (Å²) in [4.78, 5) is 12.1. The molecular formula is C19H23ClN2O2. The number of amides is 1. The molecule has 2 N–H and O–H groups in total. The first-order valence-corrected chi connectivity index (χ1v) is 8.28. The van der Waals surface area contributed by atoms with Crippen molar-refractivity contribution in [3.63, 3.8) is 0 Å². The van der Waals surface area contributed by atoms with Gasteiger partial charge in [-0.1, -0.05) is 35.9 Å². The number of hydrogen-bond donors (Lipinski definition) is 2. The first kappa shape index (κ1) is 18.3. The highest BCUT2D eigenvalue weighted by atomic mass is 35.5. The summed E-state index contributed by atoms with van der Waals surface area (Å²) >= 11 is 6.07. The van der Waals surface area contributed by atoms with Gasteiger partial charge in [-0.05, 0) is 36.6 Å². The van der Waals surface area contributed by atoms with Gasteiger partial charge in [-0.3, -0.25) is 4.79 Å². The van der Waals surface area contributed by atoms with E-state index in [1.54, 1.807) is 13.2 Å². The molecule has 0 aromatic heterocycles. The van der Waals surface area contributed by atoms with Crippen LogP contribution in [0.4, 0.5) is 5.69 Å². The Kier molecular flexibility index (Phi) is 6.64. The molecule has 0 radical (unpaired) electrons. The molecular weight excluding hydrogens is 324 g/mol. The highest BCUT2D eigenvalue weighted by Gasteiger charge is 2.10. The molecule has 0 atom stereocenters. The van der Waals surface area contributed by atoms with Gasteiger partial charge in [0.25, 0.3) is 0 Å². The Balaban J connectivity index is 1.84. The Hall–Kier alpha value is -2.04. The SMILES string of the molecule is COc1cc(Cl)c(C)cc1NC(=O)CCNCc1ccccc1C. The topological polar surface area (TPSA) is 50.4 Å². The number of carbonyl (C=O) groups is 1. The van der Waals surface area contributed by atoms with Crippen LogP contribution in [0.15, 0.2) is 36.4 Å². The number of benzene rings is 2. The minimum absolute atomic E-state index is 0.0627. The van der Waals surface area contributed by atoms with Crippen molar-refractivity contribution in [2.75, 3.05) is 19.0 Å². The van der Waals surface area contributed by atoms with Crippen molar-refractivity contribution in [2.24, 2.45) is 0 Å². The van der Waals surface area contributed by atoms with E-state index < -0.39 is 0 Å². The van der Waals surface area contributed by atoms with E-state index in [1.165, 1.54) is 11.1 Å². The zero-order valence-corrected chi connectivity index (χ0v) is 15.0. The van der Waals surface area contributed by atoms with Crippen LogP contribution in [0, 0.1) is 13.8 Å². The third kappa shape index (κ3) is 4.98. The second kappa shape index (κ2) is 8.71. The fourth-order valence-electron chi connectivity index (χ4n) is 2.38. The van der Waals surface area contributed by atoms with Crippen LogP contribution in [-0.4, -0.2) is 19.6 Å². The maximum Gasteiger partial charge on any atom is 0.225 e. The summed E-state index contributed by atoms with van der Waals surface area (Å²) in [7, 11) is 1.56. The van der Waals surface area contributed by atoms with Crippen LogP contribution in [0.2, 0.25) is 5.02 Å². The quantitative estimate of drug-likeness (QED) is 0.742. The number of nitrogens with one attached hydrogen (secondary N) is 2. The van der Waals surface area contributed by atoms with E-state index >= 15 is 0 Å². The summed E-state index contributed by atoms with van der Waals surface area (Å²) in [5, 5.41) is 6.79. The first-order valence-electron chi connectivity index (χ1n) is 7.90. The van der Waals surface area contributed by atoms with E-state index in [-0.39, 0.29) is 5.91 Å². The Morgan fingerprint density at radius 1 is 1.17 bits per heavy atom. The van der Waals surface area contributed by atoms with Crippen LogP contribution >= 0.6 is 11.6 Å². The lowest BCUT2D eigenvalue weighted by molar-refractivity contribution is -0.116. The fraction of sp³-hybridized carbons (Fsp3) is 0.316. The molecule has 0 saturated carbocycles. The fourth-order valence-corrected chi connectivity index (χ4v) is 2.53. The molecule has 5 heteroatoms.